The molecule has 0 amide bonds. The van der Waals surface area contributed by atoms with Crippen molar-refractivity contribution in [2.24, 2.45) is 0 Å². The summed E-state index contributed by atoms with van der Waals surface area (Å²) < 4.78 is 10.4. The molecule has 0 aliphatic heterocycles. The number of nitrogens with zero attached hydrogens (tertiary/aromatic N) is 3. The number of furan rings is 1. The summed E-state index contributed by atoms with van der Waals surface area (Å²) in [5, 5.41) is 3.01. The van der Waals surface area contributed by atoms with Crippen LogP contribution in [0.3, 0.4) is 0 Å². The Labute approximate surface area is 149 Å². The molecule has 3 N–H and O–H groups in total. The number of aromatic nitrogens is 3. The number of nitrogen functional groups attached to an aromatic ring is 1. The summed E-state index contributed by atoms with van der Waals surface area (Å²) in [5.74, 6) is 1.33. The van der Waals surface area contributed by atoms with Crippen LogP contribution in [-0.2, 0) is 16.1 Å². The van der Waals surface area contributed by atoms with Gasteiger partial charge in [0.05, 0.1) is 0 Å². The number of nitrogens with two attached hydrogens (primary N) is 1. The lowest BCUT2D eigenvalue weighted by Gasteiger charge is -2.07. The summed E-state index contributed by atoms with van der Waals surface area (Å²) >= 11 is 0. The smallest absolute Gasteiger partial charge is 0.331 e. The Kier molecular flexibility index (Phi) is 5.23. The fraction of sp³-hybridized carbons (Fsp3) is 0.111. The van der Waals surface area contributed by atoms with Crippen LogP contribution in [-0.4, -0.2) is 20.9 Å². The third kappa shape index (κ3) is 4.91. The number of hydrogen-bond acceptors (Lipinski definition) is 8. The van der Waals surface area contributed by atoms with Crippen LogP contribution in [0.4, 0.5) is 17.6 Å². The molecular formula is C18H17N5O3. The van der Waals surface area contributed by atoms with E-state index in [1.807, 2.05) is 37.3 Å². The highest BCUT2D eigenvalue weighted by Crippen LogP contribution is 2.13. The fourth-order valence-corrected chi connectivity index (χ4v) is 2.09. The molecule has 8 heteroatoms. The van der Waals surface area contributed by atoms with Gasteiger partial charge in [-0.3, -0.25) is 0 Å². The van der Waals surface area contributed by atoms with E-state index in [0.29, 0.717) is 5.76 Å². The topological polar surface area (TPSA) is 116 Å². The van der Waals surface area contributed by atoms with Gasteiger partial charge in [-0.15, -0.1) is 0 Å². The van der Waals surface area contributed by atoms with E-state index in [1.54, 1.807) is 12.1 Å². The Balaban J connectivity index is 1.60. The number of para-hydroxylation sites is 1. The number of rotatable bonds is 6. The van der Waals surface area contributed by atoms with Gasteiger partial charge in [0.1, 0.15) is 11.5 Å². The zero-order valence-electron chi connectivity index (χ0n) is 14.0. The standard InChI is InChI=1S/C18H17N5O3/c1-12-7-8-14(26-12)9-10-16(24)25-11-15-21-17(19)23-18(22-15)20-13-5-3-2-4-6-13/h2-10H,11H2,1H3,(H3,19,20,21,22,23)/b10-9+. The van der Waals surface area contributed by atoms with Gasteiger partial charge in [-0.1, -0.05) is 18.2 Å². The van der Waals surface area contributed by atoms with Crippen molar-refractivity contribution < 1.29 is 13.9 Å². The number of benzene rings is 1. The van der Waals surface area contributed by atoms with E-state index in [-0.39, 0.29) is 24.3 Å². The highest BCUT2D eigenvalue weighted by atomic mass is 16.5. The summed E-state index contributed by atoms with van der Waals surface area (Å²) in [6.45, 7) is 1.69. The number of anilines is 3. The van der Waals surface area contributed by atoms with Gasteiger partial charge in [0.2, 0.25) is 11.9 Å². The second-order valence-electron chi connectivity index (χ2n) is 5.31. The van der Waals surface area contributed by atoms with Crippen molar-refractivity contribution in [2.45, 2.75) is 13.5 Å². The van der Waals surface area contributed by atoms with E-state index >= 15 is 0 Å². The maximum Gasteiger partial charge on any atom is 0.331 e. The third-order valence-electron chi connectivity index (χ3n) is 3.22. The Morgan fingerprint density at radius 3 is 2.73 bits per heavy atom. The summed E-state index contributed by atoms with van der Waals surface area (Å²) in [6.07, 6.45) is 2.80. The van der Waals surface area contributed by atoms with Crippen LogP contribution in [0.5, 0.6) is 0 Å². The first-order valence-corrected chi connectivity index (χ1v) is 7.82. The minimum absolute atomic E-state index is 0.0334. The monoisotopic (exact) mass is 351 g/mol. The first-order valence-electron chi connectivity index (χ1n) is 7.82. The van der Waals surface area contributed by atoms with E-state index in [2.05, 4.69) is 20.3 Å². The molecule has 1 aromatic carbocycles. The average Bonchev–Trinajstić information content (AvgIpc) is 3.04. The highest BCUT2D eigenvalue weighted by molar-refractivity contribution is 5.86. The zero-order valence-corrected chi connectivity index (χ0v) is 14.0. The second kappa shape index (κ2) is 7.93. The number of nitrogens with one attached hydrogen (secondary N) is 1. The minimum Gasteiger partial charge on any atom is -0.462 e. The molecule has 3 rings (SSSR count). The van der Waals surface area contributed by atoms with Crippen molar-refractivity contribution in [1.82, 2.24) is 15.0 Å². The fourth-order valence-electron chi connectivity index (χ4n) is 2.09. The maximum atomic E-state index is 11.8. The molecule has 0 unspecified atom stereocenters. The minimum atomic E-state index is -0.546. The molecule has 0 saturated heterocycles. The molecule has 26 heavy (non-hydrogen) atoms. The molecule has 2 aromatic heterocycles. The molecule has 0 aliphatic rings. The van der Waals surface area contributed by atoms with Crippen molar-refractivity contribution in [2.75, 3.05) is 11.1 Å². The summed E-state index contributed by atoms with van der Waals surface area (Å²) in [4.78, 5) is 24.0. The number of ether oxygens (including phenoxy) is 1. The van der Waals surface area contributed by atoms with Crippen molar-refractivity contribution in [3.63, 3.8) is 0 Å². The predicted molar refractivity (Wildman–Crippen MR) is 96.2 cm³/mol. The number of aryl methyl sites for hydroxylation is 1. The summed E-state index contributed by atoms with van der Waals surface area (Å²) in [6, 6.07) is 12.9. The Morgan fingerprint density at radius 2 is 2.00 bits per heavy atom. The van der Waals surface area contributed by atoms with Crippen molar-refractivity contribution in [1.29, 1.82) is 0 Å². The van der Waals surface area contributed by atoms with Crippen LogP contribution in [0.2, 0.25) is 0 Å². The molecule has 0 bridgehead atoms. The Morgan fingerprint density at radius 1 is 1.19 bits per heavy atom. The van der Waals surface area contributed by atoms with E-state index in [4.69, 9.17) is 14.9 Å². The molecule has 2 heterocycles. The molecule has 3 aromatic rings. The zero-order chi connectivity index (χ0) is 18.4. The van der Waals surface area contributed by atoms with Crippen molar-refractivity contribution in [3.8, 4) is 0 Å². The van der Waals surface area contributed by atoms with Crippen molar-refractivity contribution >= 4 is 29.6 Å². The van der Waals surface area contributed by atoms with Gasteiger partial charge in [0, 0.05) is 11.8 Å². The molecule has 0 radical (unpaired) electrons. The molecular weight excluding hydrogens is 334 g/mol. The van der Waals surface area contributed by atoms with Gasteiger partial charge >= 0.3 is 5.97 Å². The summed E-state index contributed by atoms with van der Waals surface area (Å²) in [7, 11) is 0. The maximum absolute atomic E-state index is 11.8. The van der Waals surface area contributed by atoms with Crippen LogP contribution < -0.4 is 11.1 Å². The normalized spacial score (nSPS) is 10.8. The van der Waals surface area contributed by atoms with Crippen LogP contribution >= 0.6 is 0 Å². The van der Waals surface area contributed by atoms with Gasteiger partial charge in [-0.2, -0.15) is 15.0 Å². The van der Waals surface area contributed by atoms with Crippen LogP contribution in [0, 0.1) is 6.92 Å². The largest absolute Gasteiger partial charge is 0.462 e. The van der Waals surface area contributed by atoms with Crippen molar-refractivity contribution in [3.05, 3.63) is 65.9 Å². The lowest BCUT2D eigenvalue weighted by molar-refractivity contribution is -0.139. The lowest BCUT2D eigenvalue weighted by Crippen LogP contribution is -2.10. The molecule has 0 aliphatic carbocycles. The van der Waals surface area contributed by atoms with Crippen LogP contribution in [0.1, 0.15) is 17.3 Å². The average molecular weight is 351 g/mol. The SMILES string of the molecule is Cc1ccc(/C=C/C(=O)OCc2nc(N)nc(Nc3ccccc3)n2)o1. The first kappa shape index (κ1) is 17.2. The predicted octanol–water partition coefficient (Wildman–Crippen LogP) is 2.86. The molecule has 132 valence electrons. The highest BCUT2D eigenvalue weighted by Gasteiger charge is 2.07. The number of carbonyl (C=O) groups excluding carboxylic acids is 1. The molecule has 8 nitrogen and oxygen atoms in total. The number of esters is 1. The molecule has 0 atom stereocenters. The van der Waals surface area contributed by atoms with E-state index in [0.717, 1.165) is 11.4 Å². The molecule has 0 saturated carbocycles. The Bertz CT molecular complexity index is 922. The Hall–Kier alpha value is -3.68. The van der Waals surface area contributed by atoms with Gasteiger partial charge in [-0.25, -0.2) is 4.79 Å². The molecule has 0 fully saturated rings. The van der Waals surface area contributed by atoms with E-state index in [1.165, 1.54) is 12.2 Å². The van der Waals surface area contributed by atoms with E-state index < -0.39 is 5.97 Å². The van der Waals surface area contributed by atoms with Crippen LogP contribution in [0.25, 0.3) is 6.08 Å². The van der Waals surface area contributed by atoms with Gasteiger partial charge in [0.15, 0.2) is 12.4 Å². The summed E-state index contributed by atoms with van der Waals surface area (Å²) in [5.41, 5.74) is 6.49. The van der Waals surface area contributed by atoms with Crippen LogP contribution in [0.15, 0.2) is 53.0 Å². The quantitative estimate of drug-likeness (QED) is 0.514. The number of hydrogen-bond donors (Lipinski definition) is 2. The molecule has 0 spiro atoms. The third-order valence-corrected chi connectivity index (χ3v) is 3.22. The van der Waals surface area contributed by atoms with Gasteiger partial charge < -0.3 is 20.2 Å². The van der Waals surface area contributed by atoms with Gasteiger partial charge in [-0.05, 0) is 37.3 Å². The van der Waals surface area contributed by atoms with Gasteiger partial charge in [0.25, 0.3) is 0 Å². The van der Waals surface area contributed by atoms with E-state index in [9.17, 15) is 4.79 Å². The first-order chi connectivity index (χ1) is 12.6. The lowest BCUT2D eigenvalue weighted by atomic mass is 10.3. The second-order valence-corrected chi connectivity index (χ2v) is 5.31. The number of carbonyl (C=O) groups is 1.